The fourth-order valence-corrected chi connectivity index (χ4v) is 2.56. The van der Waals surface area contributed by atoms with Crippen molar-refractivity contribution in [2.75, 3.05) is 0 Å². The zero-order valence-corrected chi connectivity index (χ0v) is 9.02. The normalized spacial score (nSPS) is 18.1. The minimum atomic E-state index is -0.707. The Hall–Kier alpha value is -0.920. The molecule has 1 aliphatic rings. The molecule has 1 aromatic carbocycles. The third-order valence-corrected chi connectivity index (χ3v) is 3.36. The zero-order valence-electron chi connectivity index (χ0n) is 9.02. The van der Waals surface area contributed by atoms with E-state index in [2.05, 4.69) is 0 Å². The van der Waals surface area contributed by atoms with Gasteiger partial charge in [0.15, 0.2) is 11.6 Å². The standard InChI is InChI=1S/C13H16F2/c1-9-7-8-11(14)13(15)12(9)10-5-3-2-4-6-10/h7-8,10H,2-6H2,1H3. The highest BCUT2D eigenvalue weighted by Crippen LogP contribution is 2.36. The minimum absolute atomic E-state index is 0.231. The van der Waals surface area contributed by atoms with E-state index in [0.29, 0.717) is 5.56 Å². The number of halogens is 2. The summed E-state index contributed by atoms with van der Waals surface area (Å²) in [7, 11) is 0. The van der Waals surface area contributed by atoms with Crippen LogP contribution in [0.3, 0.4) is 0 Å². The minimum Gasteiger partial charge on any atom is -0.204 e. The highest BCUT2D eigenvalue weighted by atomic mass is 19.2. The topological polar surface area (TPSA) is 0 Å². The molecule has 1 aliphatic carbocycles. The van der Waals surface area contributed by atoms with Crippen LogP contribution >= 0.6 is 0 Å². The van der Waals surface area contributed by atoms with E-state index in [0.717, 1.165) is 31.2 Å². The number of hydrogen-bond acceptors (Lipinski definition) is 0. The molecule has 0 amide bonds. The van der Waals surface area contributed by atoms with Crippen molar-refractivity contribution in [3.8, 4) is 0 Å². The van der Waals surface area contributed by atoms with Gasteiger partial charge in [-0.15, -0.1) is 0 Å². The molecule has 0 spiro atoms. The molecule has 0 aromatic heterocycles. The highest BCUT2D eigenvalue weighted by molar-refractivity contribution is 5.31. The lowest BCUT2D eigenvalue weighted by molar-refractivity contribution is 0.415. The van der Waals surface area contributed by atoms with E-state index in [1.807, 2.05) is 6.92 Å². The van der Waals surface area contributed by atoms with Crippen molar-refractivity contribution in [1.29, 1.82) is 0 Å². The third-order valence-electron chi connectivity index (χ3n) is 3.36. The molecule has 0 heterocycles. The summed E-state index contributed by atoms with van der Waals surface area (Å²) >= 11 is 0. The lowest BCUT2D eigenvalue weighted by Crippen LogP contribution is -2.09. The lowest BCUT2D eigenvalue weighted by Gasteiger charge is -2.24. The summed E-state index contributed by atoms with van der Waals surface area (Å²) in [6.45, 7) is 1.87. The summed E-state index contributed by atoms with van der Waals surface area (Å²) in [5.41, 5.74) is 1.51. The molecule has 2 rings (SSSR count). The van der Waals surface area contributed by atoms with Crippen molar-refractivity contribution >= 4 is 0 Å². The summed E-state index contributed by atoms with van der Waals surface area (Å²) in [5, 5.41) is 0. The molecule has 0 unspecified atom stereocenters. The smallest absolute Gasteiger partial charge is 0.162 e. The van der Waals surface area contributed by atoms with Crippen LogP contribution in [0, 0.1) is 18.6 Å². The Balaban J connectivity index is 2.36. The van der Waals surface area contributed by atoms with Gasteiger partial charge in [-0.3, -0.25) is 0 Å². The van der Waals surface area contributed by atoms with Gasteiger partial charge in [-0.1, -0.05) is 25.3 Å². The lowest BCUT2D eigenvalue weighted by atomic mass is 9.82. The number of aryl methyl sites for hydroxylation is 1. The predicted octanol–water partition coefficient (Wildman–Crippen LogP) is 4.32. The largest absolute Gasteiger partial charge is 0.204 e. The van der Waals surface area contributed by atoms with Crippen molar-refractivity contribution in [2.24, 2.45) is 0 Å². The van der Waals surface area contributed by atoms with Gasteiger partial charge in [0.1, 0.15) is 0 Å². The third kappa shape index (κ3) is 2.04. The maximum Gasteiger partial charge on any atom is 0.162 e. The van der Waals surface area contributed by atoms with Crippen molar-refractivity contribution in [2.45, 2.75) is 44.9 Å². The van der Waals surface area contributed by atoms with Crippen LogP contribution in [-0.2, 0) is 0 Å². The monoisotopic (exact) mass is 210 g/mol. The van der Waals surface area contributed by atoms with Crippen molar-refractivity contribution in [1.82, 2.24) is 0 Å². The summed E-state index contributed by atoms with van der Waals surface area (Å²) in [6, 6.07) is 2.90. The second-order valence-corrected chi connectivity index (χ2v) is 4.43. The van der Waals surface area contributed by atoms with Gasteiger partial charge in [0.25, 0.3) is 0 Å². The molecular formula is C13H16F2. The molecule has 0 nitrogen and oxygen atoms in total. The quantitative estimate of drug-likeness (QED) is 0.647. The molecule has 0 aliphatic heterocycles. The van der Waals surface area contributed by atoms with Crippen LogP contribution in [-0.4, -0.2) is 0 Å². The molecular weight excluding hydrogens is 194 g/mol. The van der Waals surface area contributed by atoms with Gasteiger partial charge in [-0.05, 0) is 42.9 Å². The average molecular weight is 210 g/mol. The van der Waals surface area contributed by atoms with Crippen molar-refractivity contribution < 1.29 is 8.78 Å². The molecule has 0 N–H and O–H groups in total. The van der Waals surface area contributed by atoms with E-state index < -0.39 is 11.6 Å². The first-order valence-electron chi connectivity index (χ1n) is 5.64. The van der Waals surface area contributed by atoms with Crippen LogP contribution in [0.1, 0.15) is 49.1 Å². The summed E-state index contributed by atoms with van der Waals surface area (Å²) in [5.74, 6) is -1.10. The van der Waals surface area contributed by atoms with Gasteiger partial charge in [0.05, 0.1) is 0 Å². The predicted molar refractivity (Wildman–Crippen MR) is 56.9 cm³/mol. The first-order chi connectivity index (χ1) is 7.20. The molecule has 0 atom stereocenters. The number of hydrogen-bond donors (Lipinski definition) is 0. The van der Waals surface area contributed by atoms with Gasteiger partial charge >= 0.3 is 0 Å². The molecule has 1 saturated carbocycles. The SMILES string of the molecule is Cc1ccc(F)c(F)c1C1CCCCC1. The van der Waals surface area contributed by atoms with Gasteiger partial charge in [-0.2, -0.15) is 0 Å². The van der Waals surface area contributed by atoms with Crippen LogP contribution in [0.25, 0.3) is 0 Å². The van der Waals surface area contributed by atoms with Gasteiger partial charge < -0.3 is 0 Å². The molecule has 15 heavy (non-hydrogen) atoms. The van der Waals surface area contributed by atoms with E-state index in [4.69, 9.17) is 0 Å². The zero-order chi connectivity index (χ0) is 10.8. The summed E-state index contributed by atoms with van der Waals surface area (Å²) < 4.78 is 26.8. The average Bonchev–Trinajstić information content (AvgIpc) is 2.26. The van der Waals surface area contributed by atoms with Gasteiger partial charge in [0, 0.05) is 0 Å². The molecule has 2 heteroatoms. The fourth-order valence-electron chi connectivity index (χ4n) is 2.56. The molecule has 1 aromatic rings. The molecule has 0 bridgehead atoms. The molecule has 82 valence electrons. The van der Waals surface area contributed by atoms with Crippen LogP contribution < -0.4 is 0 Å². The Morgan fingerprint density at radius 1 is 1.07 bits per heavy atom. The van der Waals surface area contributed by atoms with Crippen LogP contribution in [0.15, 0.2) is 12.1 Å². The van der Waals surface area contributed by atoms with E-state index in [9.17, 15) is 8.78 Å². The van der Waals surface area contributed by atoms with Crippen LogP contribution in [0.5, 0.6) is 0 Å². The molecule has 0 saturated heterocycles. The number of rotatable bonds is 1. The Morgan fingerprint density at radius 3 is 2.40 bits per heavy atom. The second kappa shape index (κ2) is 4.30. The van der Waals surface area contributed by atoms with Gasteiger partial charge in [0.2, 0.25) is 0 Å². The van der Waals surface area contributed by atoms with Crippen LogP contribution in [0.4, 0.5) is 8.78 Å². The Kier molecular flexibility index (Phi) is 3.03. The Labute approximate surface area is 89.3 Å². The van der Waals surface area contributed by atoms with Gasteiger partial charge in [-0.25, -0.2) is 8.78 Å². The highest BCUT2D eigenvalue weighted by Gasteiger charge is 2.22. The number of benzene rings is 1. The maximum atomic E-state index is 13.7. The van der Waals surface area contributed by atoms with E-state index in [-0.39, 0.29) is 5.92 Å². The maximum absolute atomic E-state index is 13.7. The summed E-state index contributed by atoms with van der Waals surface area (Å²) in [6.07, 6.45) is 5.51. The molecule has 0 radical (unpaired) electrons. The van der Waals surface area contributed by atoms with Crippen LogP contribution in [0.2, 0.25) is 0 Å². The second-order valence-electron chi connectivity index (χ2n) is 4.43. The molecule has 1 fully saturated rings. The first-order valence-corrected chi connectivity index (χ1v) is 5.64. The van der Waals surface area contributed by atoms with E-state index in [1.165, 1.54) is 12.5 Å². The van der Waals surface area contributed by atoms with E-state index in [1.54, 1.807) is 6.07 Å². The van der Waals surface area contributed by atoms with E-state index >= 15 is 0 Å². The fraction of sp³-hybridized carbons (Fsp3) is 0.538. The van der Waals surface area contributed by atoms with Crippen molar-refractivity contribution in [3.63, 3.8) is 0 Å². The Bertz CT molecular complexity index is 352. The van der Waals surface area contributed by atoms with Crippen molar-refractivity contribution in [3.05, 3.63) is 34.9 Å². The summed E-state index contributed by atoms with van der Waals surface area (Å²) in [4.78, 5) is 0. The Morgan fingerprint density at radius 2 is 1.73 bits per heavy atom. The first kappa shape index (κ1) is 10.6.